The van der Waals surface area contributed by atoms with Gasteiger partial charge in [0.15, 0.2) is 0 Å². The highest BCUT2D eigenvalue weighted by Gasteiger charge is 2.21. The number of hydrogen-bond acceptors (Lipinski definition) is 6. The Kier molecular flexibility index (Phi) is 11.5. The molecule has 0 aliphatic heterocycles. The molecule has 41 heavy (non-hydrogen) atoms. The van der Waals surface area contributed by atoms with Crippen LogP contribution < -0.4 is 10.9 Å². The Balaban J connectivity index is 0.00000226. The average molecular weight is 597 g/mol. The molecule has 0 saturated heterocycles. The van der Waals surface area contributed by atoms with Crippen molar-refractivity contribution in [3.63, 3.8) is 0 Å². The second kappa shape index (κ2) is 14.8. The van der Waals surface area contributed by atoms with Crippen molar-refractivity contribution in [3.8, 4) is 0 Å². The van der Waals surface area contributed by atoms with Crippen molar-refractivity contribution < 1.29 is 14.3 Å². The maximum Gasteiger partial charge on any atom is 0.407 e. The SMILES string of the molecule is CC.CC(C)(C)OC(=O)NCCCN(Cc1nn(Cc2ccccc2)c(=O)c2ccc(Cl)cc12)C(=O)c1cccs1. The van der Waals surface area contributed by atoms with E-state index in [1.165, 1.54) is 16.0 Å². The van der Waals surface area contributed by atoms with E-state index in [1.807, 2.05) is 55.6 Å². The van der Waals surface area contributed by atoms with Crippen LogP contribution in [-0.2, 0) is 17.8 Å². The molecule has 0 aliphatic carbocycles. The summed E-state index contributed by atoms with van der Waals surface area (Å²) in [5.41, 5.74) is 0.674. The van der Waals surface area contributed by atoms with Crippen LogP contribution in [0, 0.1) is 0 Å². The molecule has 0 atom stereocenters. The van der Waals surface area contributed by atoms with Gasteiger partial charge in [0.25, 0.3) is 11.5 Å². The standard InChI is InChI=1S/C29H31ClN4O4S.C2H6/c1-29(2,3)38-28(37)31-14-8-15-33(27(36)25-11-7-16-39-25)19-24-23-17-21(30)12-13-22(23)26(35)34(32-24)18-20-9-5-4-6-10-20;1-2/h4-7,9-13,16-17H,8,14-15,18-19H2,1-3H3,(H,31,37);1-2H3. The quantitative estimate of drug-likeness (QED) is 0.216. The fourth-order valence-corrected chi connectivity index (χ4v) is 4.93. The van der Waals surface area contributed by atoms with E-state index in [2.05, 4.69) is 5.32 Å². The third-order valence-corrected chi connectivity index (χ3v) is 6.90. The molecule has 0 aliphatic rings. The second-order valence-corrected chi connectivity index (χ2v) is 11.5. The summed E-state index contributed by atoms with van der Waals surface area (Å²) in [7, 11) is 0. The Hall–Kier alpha value is -3.69. The van der Waals surface area contributed by atoms with Crippen LogP contribution in [0.25, 0.3) is 10.8 Å². The molecule has 0 fully saturated rings. The highest BCUT2D eigenvalue weighted by atomic mass is 35.5. The number of carbonyl (C=O) groups excluding carboxylic acids is 2. The normalized spacial score (nSPS) is 11.0. The number of hydrogen-bond donors (Lipinski definition) is 1. The maximum absolute atomic E-state index is 13.5. The summed E-state index contributed by atoms with van der Waals surface area (Å²) in [6.45, 7) is 10.5. The van der Waals surface area contributed by atoms with Crippen molar-refractivity contribution >= 4 is 45.7 Å². The summed E-state index contributed by atoms with van der Waals surface area (Å²) in [5.74, 6) is -0.153. The van der Waals surface area contributed by atoms with Gasteiger partial charge in [-0.25, -0.2) is 9.48 Å². The fourth-order valence-electron chi connectivity index (χ4n) is 4.07. The third-order valence-electron chi connectivity index (χ3n) is 5.81. The second-order valence-electron chi connectivity index (χ2n) is 10.1. The van der Waals surface area contributed by atoms with Crippen LogP contribution in [-0.4, -0.2) is 45.4 Å². The van der Waals surface area contributed by atoms with Gasteiger partial charge in [-0.2, -0.15) is 5.10 Å². The number of carbonyl (C=O) groups is 2. The molecule has 0 spiro atoms. The van der Waals surface area contributed by atoms with Crippen LogP contribution in [0.2, 0.25) is 5.02 Å². The Labute approximate surface area is 249 Å². The molecule has 2 aromatic heterocycles. The first-order chi connectivity index (χ1) is 19.6. The Morgan fingerprint density at radius 1 is 1.05 bits per heavy atom. The van der Waals surface area contributed by atoms with Gasteiger partial charge in [-0.15, -0.1) is 11.3 Å². The summed E-state index contributed by atoms with van der Waals surface area (Å²) in [5, 5.41) is 10.9. The number of thiophene rings is 1. The van der Waals surface area contributed by atoms with Gasteiger partial charge in [0.2, 0.25) is 0 Å². The van der Waals surface area contributed by atoms with Gasteiger partial charge in [-0.1, -0.05) is 61.8 Å². The van der Waals surface area contributed by atoms with Gasteiger partial charge in [-0.3, -0.25) is 9.59 Å². The number of nitrogens with one attached hydrogen (secondary N) is 1. The minimum Gasteiger partial charge on any atom is -0.444 e. The molecule has 2 amide bonds. The van der Waals surface area contributed by atoms with E-state index in [9.17, 15) is 14.4 Å². The smallest absolute Gasteiger partial charge is 0.407 e. The summed E-state index contributed by atoms with van der Waals surface area (Å²) in [6.07, 6.45) is -0.00691. The number of benzene rings is 2. The molecule has 0 saturated carbocycles. The number of aromatic nitrogens is 2. The van der Waals surface area contributed by atoms with Gasteiger partial charge in [0, 0.05) is 23.5 Å². The van der Waals surface area contributed by atoms with E-state index in [-0.39, 0.29) is 18.0 Å². The highest BCUT2D eigenvalue weighted by Crippen LogP contribution is 2.22. The zero-order valence-electron chi connectivity index (χ0n) is 24.1. The lowest BCUT2D eigenvalue weighted by Crippen LogP contribution is -2.36. The molecule has 10 heteroatoms. The summed E-state index contributed by atoms with van der Waals surface area (Å²) in [4.78, 5) is 41.1. The third kappa shape index (κ3) is 9.16. The number of alkyl carbamates (subject to hydrolysis) is 1. The Morgan fingerprint density at radius 2 is 1.78 bits per heavy atom. The first-order valence-corrected chi connectivity index (χ1v) is 14.9. The average Bonchev–Trinajstić information content (AvgIpc) is 3.48. The maximum atomic E-state index is 13.5. The number of fused-ring (bicyclic) bond motifs is 1. The monoisotopic (exact) mass is 596 g/mol. The number of nitrogens with zero attached hydrogens (tertiary/aromatic N) is 3. The number of rotatable bonds is 9. The van der Waals surface area contributed by atoms with Crippen molar-refractivity contribution in [2.75, 3.05) is 13.1 Å². The zero-order valence-corrected chi connectivity index (χ0v) is 25.7. The topological polar surface area (TPSA) is 93.5 Å². The van der Waals surface area contributed by atoms with Crippen molar-refractivity contribution in [2.24, 2.45) is 0 Å². The van der Waals surface area contributed by atoms with E-state index in [0.29, 0.717) is 52.4 Å². The molecule has 4 rings (SSSR count). The van der Waals surface area contributed by atoms with Crippen LogP contribution in [0.1, 0.15) is 62.0 Å². The zero-order chi connectivity index (χ0) is 30.0. The molecule has 4 aromatic rings. The van der Waals surface area contributed by atoms with Gasteiger partial charge < -0.3 is 15.0 Å². The van der Waals surface area contributed by atoms with Crippen molar-refractivity contribution in [1.29, 1.82) is 0 Å². The van der Waals surface area contributed by atoms with Gasteiger partial charge in [0.05, 0.1) is 29.0 Å². The van der Waals surface area contributed by atoms with E-state index in [1.54, 1.807) is 49.9 Å². The predicted molar refractivity (Wildman–Crippen MR) is 166 cm³/mol. The highest BCUT2D eigenvalue weighted by molar-refractivity contribution is 7.12. The van der Waals surface area contributed by atoms with E-state index >= 15 is 0 Å². The van der Waals surface area contributed by atoms with Crippen LogP contribution in [0.15, 0.2) is 70.8 Å². The minimum absolute atomic E-state index is 0.153. The van der Waals surface area contributed by atoms with E-state index < -0.39 is 11.7 Å². The minimum atomic E-state index is -0.595. The Morgan fingerprint density at radius 3 is 2.44 bits per heavy atom. The van der Waals surface area contributed by atoms with Crippen LogP contribution in [0.5, 0.6) is 0 Å². The van der Waals surface area contributed by atoms with Gasteiger partial charge >= 0.3 is 6.09 Å². The molecule has 0 radical (unpaired) electrons. The molecule has 2 aromatic carbocycles. The molecular formula is C31H37ClN4O4S. The first kappa shape index (κ1) is 31.8. The van der Waals surface area contributed by atoms with Crippen molar-refractivity contribution in [1.82, 2.24) is 20.0 Å². The first-order valence-electron chi connectivity index (χ1n) is 13.6. The molecule has 0 unspecified atom stereocenters. The molecule has 1 N–H and O–H groups in total. The molecule has 218 valence electrons. The Bertz CT molecular complexity index is 1500. The number of amides is 2. The molecule has 0 bridgehead atoms. The van der Waals surface area contributed by atoms with Crippen molar-refractivity contribution in [2.45, 2.75) is 59.7 Å². The lowest BCUT2D eigenvalue weighted by molar-refractivity contribution is 0.0525. The van der Waals surface area contributed by atoms with E-state index in [4.69, 9.17) is 21.4 Å². The fraction of sp³-hybridized carbons (Fsp3) is 0.355. The number of halogens is 1. The van der Waals surface area contributed by atoms with Crippen molar-refractivity contribution in [3.05, 3.63) is 97.6 Å². The summed E-state index contributed by atoms with van der Waals surface area (Å²) < 4.78 is 6.72. The summed E-state index contributed by atoms with van der Waals surface area (Å²) >= 11 is 7.66. The van der Waals surface area contributed by atoms with Gasteiger partial charge in [0.1, 0.15) is 5.60 Å². The van der Waals surface area contributed by atoms with E-state index in [0.717, 1.165) is 5.56 Å². The summed E-state index contributed by atoms with van der Waals surface area (Å²) in [6, 6.07) is 18.3. The lowest BCUT2D eigenvalue weighted by Gasteiger charge is -2.24. The lowest BCUT2D eigenvalue weighted by atomic mass is 10.1. The van der Waals surface area contributed by atoms with Crippen LogP contribution in [0.4, 0.5) is 4.79 Å². The number of ether oxygens (including phenoxy) is 1. The molecule has 8 nitrogen and oxygen atoms in total. The molecular weight excluding hydrogens is 560 g/mol. The predicted octanol–water partition coefficient (Wildman–Crippen LogP) is 6.74. The van der Waals surface area contributed by atoms with Crippen LogP contribution in [0.3, 0.4) is 0 Å². The van der Waals surface area contributed by atoms with Gasteiger partial charge in [-0.05, 0) is 62.4 Å². The molecule has 2 heterocycles. The largest absolute Gasteiger partial charge is 0.444 e. The van der Waals surface area contributed by atoms with Crippen LogP contribution >= 0.6 is 22.9 Å².